The summed E-state index contributed by atoms with van der Waals surface area (Å²) < 4.78 is 10.4. The average molecular weight is 323 g/mol. The molecule has 0 spiro atoms. The molecule has 0 radical (unpaired) electrons. The van der Waals surface area contributed by atoms with E-state index in [1.807, 2.05) is 13.8 Å². The maximum atomic E-state index is 5.23. The fourth-order valence-electron chi connectivity index (χ4n) is 1.55. The normalized spacial score (nSPS) is 12.6. The summed E-state index contributed by atoms with van der Waals surface area (Å²) in [5, 5.41) is 8.84. The van der Waals surface area contributed by atoms with Gasteiger partial charge in [0.1, 0.15) is 0 Å². The summed E-state index contributed by atoms with van der Waals surface area (Å²) in [6, 6.07) is 0.489. The Kier molecular flexibility index (Phi) is 20.1. The van der Waals surface area contributed by atoms with Crippen LogP contribution in [0, 0.1) is 7.43 Å². The van der Waals surface area contributed by atoms with Crippen molar-refractivity contribution in [1.29, 1.82) is 0 Å². The van der Waals surface area contributed by atoms with E-state index >= 15 is 0 Å². The second kappa shape index (κ2) is 15.9. The Morgan fingerprint density at radius 2 is 1.79 bits per heavy atom. The third-order valence-electron chi connectivity index (χ3n) is 2.24. The Bertz CT molecular complexity index is 204. The minimum absolute atomic E-state index is 0. The van der Waals surface area contributed by atoms with Crippen LogP contribution in [0.4, 0.5) is 0 Å². The molecule has 0 saturated heterocycles. The summed E-state index contributed by atoms with van der Waals surface area (Å²) in [5.74, 6) is 0.515. The van der Waals surface area contributed by atoms with Gasteiger partial charge in [-0.25, -0.2) is 0 Å². The molecule has 19 heavy (non-hydrogen) atoms. The fraction of sp³-hybridized carbons (Fsp3) is 0.786. The van der Waals surface area contributed by atoms with Crippen molar-refractivity contribution >= 4 is 0 Å². The van der Waals surface area contributed by atoms with Crippen molar-refractivity contribution in [3.8, 4) is 0 Å². The topological polar surface area (TPSA) is 46.7 Å². The smallest absolute Gasteiger partial charge is 0.0826 e. The molecule has 2 atom stereocenters. The molecule has 4 nitrogen and oxygen atoms in total. The second-order valence-corrected chi connectivity index (χ2v) is 3.99. The van der Waals surface area contributed by atoms with Crippen LogP contribution in [0.15, 0.2) is 12.5 Å². The van der Waals surface area contributed by atoms with E-state index in [0.717, 1.165) is 19.6 Å². The molecule has 112 valence electrons. The van der Waals surface area contributed by atoms with Crippen molar-refractivity contribution in [3.63, 3.8) is 0 Å². The molecular weight excluding hydrogens is 294 g/mol. The maximum Gasteiger partial charge on any atom is 0.0826 e. The molecule has 0 aromatic heterocycles. The van der Waals surface area contributed by atoms with Crippen LogP contribution in [-0.4, -0.2) is 38.4 Å². The van der Waals surface area contributed by atoms with E-state index in [9.17, 15) is 0 Å². The Labute approximate surface area is 132 Å². The van der Waals surface area contributed by atoms with Crippen LogP contribution in [0.25, 0.3) is 10.6 Å². The van der Waals surface area contributed by atoms with Gasteiger partial charge in [0.2, 0.25) is 0 Å². The maximum absolute atomic E-state index is 5.23. The summed E-state index contributed by atoms with van der Waals surface area (Å²) in [6.45, 7) is 14.6. The molecule has 0 aromatic carbocycles. The van der Waals surface area contributed by atoms with Gasteiger partial charge in [0.25, 0.3) is 0 Å². The van der Waals surface area contributed by atoms with Crippen molar-refractivity contribution in [3.05, 3.63) is 30.5 Å². The molecule has 0 aliphatic carbocycles. The van der Waals surface area contributed by atoms with E-state index in [1.165, 1.54) is 0 Å². The van der Waals surface area contributed by atoms with Crippen molar-refractivity contribution in [2.24, 2.45) is 0 Å². The molecule has 0 aromatic rings. The third kappa shape index (κ3) is 15.8. The van der Waals surface area contributed by atoms with Crippen molar-refractivity contribution < 1.29 is 29.0 Å². The first kappa shape index (κ1) is 23.9. The first-order valence-corrected chi connectivity index (χ1v) is 6.37. The minimum Gasteiger partial charge on any atom is -0.658 e. The number of hydrogen-bond donors (Lipinski definition) is 0. The molecule has 0 amide bonds. The van der Waals surface area contributed by atoms with E-state index in [4.69, 9.17) is 9.47 Å². The Hall–Kier alpha value is -0.117. The van der Waals surface area contributed by atoms with Gasteiger partial charge in [-0.05, 0) is 13.8 Å². The quantitative estimate of drug-likeness (QED) is 0.251. The second-order valence-electron chi connectivity index (χ2n) is 3.99. The summed E-state index contributed by atoms with van der Waals surface area (Å²) in [4.78, 5) is 0. The Balaban J connectivity index is -0.00000128. The zero-order chi connectivity index (χ0) is 13.1. The van der Waals surface area contributed by atoms with Crippen molar-refractivity contribution in [2.75, 3.05) is 26.4 Å². The van der Waals surface area contributed by atoms with Gasteiger partial charge >= 0.3 is 0 Å². The van der Waals surface area contributed by atoms with Gasteiger partial charge in [-0.2, -0.15) is 0 Å². The summed E-state index contributed by atoms with van der Waals surface area (Å²) in [6.07, 6.45) is 0.915. The number of hydrogen-bond acceptors (Lipinski definition) is 2. The van der Waals surface area contributed by atoms with Crippen LogP contribution in [0.1, 0.15) is 34.1 Å². The monoisotopic (exact) mass is 321 g/mol. The number of ether oxygens (including phenoxy) is 2. The zero-order valence-electron chi connectivity index (χ0n) is 13.3. The molecule has 0 aliphatic rings. The molecule has 5 heteroatoms. The number of rotatable bonds is 11. The van der Waals surface area contributed by atoms with Crippen molar-refractivity contribution in [2.45, 2.75) is 46.2 Å². The SMILES string of the molecule is C=C([N-]C(C)CC(C)[N-]CCOCC)OCC.[CH3-].[Zn]. The molecule has 0 heterocycles. The van der Waals surface area contributed by atoms with Crippen LogP contribution in [-0.2, 0) is 29.0 Å². The van der Waals surface area contributed by atoms with E-state index in [2.05, 4.69) is 31.1 Å². The molecular formula is C14H29N2O2Zn-3. The molecule has 0 N–H and O–H groups in total. The largest absolute Gasteiger partial charge is 0.658 e. The average Bonchev–Trinajstić information content (AvgIpc) is 2.24. The molecule has 0 fully saturated rings. The number of nitrogens with zero attached hydrogens (tertiary/aromatic N) is 2. The molecule has 2 unspecified atom stereocenters. The predicted octanol–water partition coefficient (Wildman–Crippen LogP) is 3.89. The van der Waals surface area contributed by atoms with Gasteiger partial charge in [-0.1, -0.05) is 26.8 Å². The van der Waals surface area contributed by atoms with Crippen LogP contribution >= 0.6 is 0 Å². The van der Waals surface area contributed by atoms with Gasteiger partial charge in [0.05, 0.1) is 6.61 Å². The Morgan fingerprint density at radius 3 is 2.32 bits per heavy atom. The fourth-order valence-corrected chi connectivity index (χ4v) is 1.55. The van der Waals surface area contributed by atoms with Crippen molar-refractivity contribution in [1.82, 2.24) is 0 Å². The van der Waals surface area contributed by atoms with Gasteiger partial charge in [-0.15, -0.1) is 18.6 Å². The van der Waals surface area contributed by atoms with Gasteiger partial charge < -0.3 is 27.5 Å². The van der Waals surface area contributed by atoms with Crippen LogP contribution in [0.3, 0.4) is 0 Å². The van der Waals surface area contributed by atoms with Crippen LogP contribution in [0.5, 0.6) is 0 Å². The summed E-state index contributed by atoms with van der Waals surface area (Å²) >= 11 is 0. The van der Waals surface area contributed by atoms with Gasteiger partial charge in [0.15, 0.2) is 0 Å². The third-order valence-corrected chi connectivity index (χ3v) is 2.24. The summed E-state index contributed by atoms with van der Waals surface area (Å²) in [7, 11) is 0. The molecule has 0 rings (SSSR count). The summed E-state index contributed by atoms with van der Waals surface area (Å²) in [5.41, 5.74) is 0. The predicted molar refractivity (Wildman–Crippen MR) is 78.8 cm³/mol. The van der Waals surface area contributed by atoms with Crippen LogP contribution < -0.4 is 0 Å². The van der Waals surface area contributed by atoms with Gasteiger partial charge in [-0.3, -0.25) is 0 Å². The van der Waals surface area contributed by atoms with E-state index in [1.54, 1.807) is 0 Å². The van der Waals surface area contributed by atoms with E-state index in [0.29, 0.717) is 25.1 Å². The molecule has 0 bridgehead atoms. The van der Waals surface area contributed by atoms with Gasteiger partial charge in [0, 0.05) is 38.6 Å². The minimum atomic E-state index is 0. The molecule has 0 aliphatic heterocycles. The first-order valence-electron chi connectivity index (χ1n) is 6.37. The van der Waals surface area contributed by atoms with E-state index < -0.39 is 0 Å². The first-order chi connectivity index (χ1) is 8.10. The standard InChI is InChI=1S/C13H26N2O2.CH3.Zn/c1-6-16-9-8-14-11(3)10-12(4)15-13(5)17-7-2;;/h11-12H,5-10H2,1-4H3;1H3;/q-2;-1;. The van der Waals surface area contributed by atoms with E-state index in [-0.39, 0.29) is 32.9 Å². The van der Waals surface area contributed by atoms with Crippen LogP contribution in [0.2, 0.25) is 0 Å². The Morgan fingerprint density at radius 1 is 1.16 bits per heavy atom. The zero-order valence-corrected chi connectivity index (χ0v) is 16.3. The molecule has 0 saturated carbocycles.